The Balaban J connectivity index is 1.38. The number of carbonyl (C=O) groups excluding carboxylic acids is 2. The van der Waals surface area contributed by atoms with Crippen molar-refractivity contribution in [1.29, 1.82) is 5.26 Å². The van der Waals surface area contributed by atoms with E-state index in [2.05, 4.69) is 15.3 Å². The van der Waals surface area contributed by atoms with Crippen LogP contribution in [0.5, 0.6) is 0 Å². The van der Waals surface area contributed by atoms with Crippen molar-refractivity contribution in [3.05, 3.63) is 107 Å². The Morgan fingerprint density at radius 2 is 1.55 bits per heavy atom. The van der Waals surface area contributed by atoms with Crippen LogP contribution < -0.4 is 5.32 Å². The van der Waals surface area contributed by atoms with Gasteiger partial charge in [-0.3, -0.25) is 24.5 Å². The molecule has 2 saturated heterocycles. The lowest BCUT2D eigenvalue weighted by Gasteiger charge is -2.28. The molecule has 4 heterocycles. The Kier molecular flexibility index (Phi) is 7.30. The number of sulfonamides is 1. The van der Waals surface area contributed by atoms with E-state index in [1.54, 1.807) is 54.0 Å². The number of halogens is 1. The summed E-state index contributed by atoms with van der Waals surface area (Å²) in [5, 5.41) is 12.1. The van der Waals surface area contributed by atoms with E-state index in [-0.39, 0.29) is 42.7 Å². The summed E-state index contributed by atoms with van der Waals surface area (Å²) in [7, 11) is -3.56. The van der Waals surface area contributed by atoms with E-state index >= 15 is 0 Å². The number of hydrogen-bond acceptors (Lipinski definition) is 8. The van der Waals surface area contributed by atoms with Crippen molar-refractivity contribution in [2.45, 2.75) is 24.4 Å². The van der Waals surface area contributed by atoms with E-state index in [0.29, 0.717) is 29.8 Å². The van der Waals surface area contributed by atoms with Gasteiger partial charge in [-0.25, -0.2) is 12.7 Å². The topological polar surface area (TPSA) is 136 Å². The molecule has 6 rings (SSSR count). The zero-order valence-corrected chi connectivity index (χ0v) is 24.0. The molecule has 10 nitrogen and oxygen atoms in total. The van der Waals surface area contributed by atoms with Gasteiger partial charge >= 0.3 is 0 Å². The van der Waals surface area contributed by atoms with Crippen LogP contribution in [0.1, 0.15) is 27.0 Å². The summed E-state index contributed by atoms with van der Waals surface area (Å²) < 4.78 is 26.2. The fourth-order valence-electron chi connectivity index (χ4n) is 6.15. The molecule has 0 spiro atoms. The third-order valence-corrected chi connectivity index (χ3v) is 10.5. The van der Waals surface area contributed by atoms with Crippen LogP contribution in [-0.2, 0) is 27.7 Å². The lowest BCUT2D eigenvalue weighted by Crippen LogP contribution is -2.51. The summed E-state index contributed by atoms with van der Waals surface area (Å²) in [6.07, 6.45) is 8.81. The van der Waals surface area contributed by atoms with E-state index in [1.165, 1.54) is 10.4 Å². The van der Waals surface area contributed by atoms with Gasteiger partial charge in [-0.05, 0) is 59.7 Å². The summed E-state index contributed by atoms with van der Waals surface area (Å²) in [6, 6.07) is 15.5. The maximum Gasteiger partial charge on any atom is 0.254 e. The Morgan fingerprint density at radius 1 is 1.00 bits per heavy atom. The number of piperidine rings is 1. The van der Waals surface area contributed by atoms with Gasteiger partial charge in [-0.2, -0.15) is 5.26 Å². The lowest BCUT2D eigenvalue weighted by atomic mass is 9.85. The second-order valence-electron chi connectivity index (χ2n) is 10.9. The van der Waals surface area contributed by atoms with E-state index in [9.17, 15) is 18.0 Å². The SMILES string of the molecule is N#Cc1ccc(C(=O)C=C2NC(Cc3ccncc3)(Cc3ccncc3)C(=O)N2C2C3CN(S(=O)(=O)CCl)CC32)cc1. The summed E-state index contributed by atoms with van der Waals surface area (Å²) in [5.74, 6) is -0.259. The number of fused-ring (bicyclic) bond motifs is 1. The van der Waals surface area contributed by atoms with E-state index < -0.39 is 20.8 Å². The van der Waals surface area contributed by atoms with Crippen molar-refractivity contribution in [2.75, 3.05) is 18.3 Å². The van der Waals surface area contributed by atoms with Crippen LogP contribution in [0.2, 0.25) is 0 Å². The van der Waals surface area contributed by atoms with E-state index in [0.717, 1.165) is 11.1 Å². The number of ketones is 1. The Hall–Kier alpha value is -4.11. The Bertz CT molecular complexity index is 1640. The number of nitriles is 1. The number of carbonyl (C=O) groups is 2. The van der Waals surface area contributed by atoms with E-state index in [4.69, 9.17) is 16.9 Å². The predicted molar refractivity (Wildman–Crippen MR) is 154 cm³/mol. The monoisotopic (exact) mass is 602 g/mol. The first kappa shape index (κ1) is 28.0. The van der Waals surface area contributed by atoms with Crippen molar-refractivity contribution in [3.8, 4) is 6.07 Å². The molecule has 3 aromatic rings. The quantitative estimate of drug-likeness (QED) is 0.224. The second-order valence-corrected chi connectivity index (χ2v) is 13.4. The fraction of sp³-hybridized carbons (Fsp3) is 0.300. The summed E-state index contributed by atoms with van der Waals surface area (Å²) >= 11 is 5.69. The maximum atomic E-state index is 14.6. The molecule has 2 aromatic heterocycles. The molecule has 2 atom stereocenters. The van der Waals surface area contributed by atoms with Crippen molar-refractivity contribution in [2.24, 2.45) is 11.8 Å². The molecule has 42 heavy (non-hydrogen) atoms. The molecule has 3 aliphatic rings. The molecular weight excluding hydrogens is 576 g/mol. The smallest absolute Gasteiger partial charge is 0.254 e. The molecule has 1 aliphatic carbocycles. The molecule has 12 heteroatoms. The zero-order chi connectivity index (χ0) is 29.5. The molecule has 1 saturated carbocycles. The minimum absolute atomic E-state index is 0.0696. The fourth-order valence-corrected chi connectivity index (χ4v) is 7.50. The molecule has 2 unspecified atom stereocenters. The lowest BCUT2D eigenvalue weighted by molar-refractivity contribution is -0.132. The number of allylic oxidation sites excluding steroid dienone is 1. The number of hydrogen-bond donors (Lipinski definition) is 1. The number of amides is 1. The molecule has 0 radical (unpaired) electrons. The summed E-state index contributed by atoms with van der Waals surface area (Å²) in [4.78, 5) is 37.9. The van der Waals surface area contributed by atoms with Crippen LogP contribution in [-0.4, -0.2) is 69.2 Å². The van der Waals surface area contributed by atoms with Gasteiger partial charge in [0.25, 0.3) is 5.91 Å². The third-order valence-electron chi connectivity index (χ3n) is 8.28. The predicted octanol–water partition coefficient (Wildman–Crippen LogP) is 2.48. The maximum absolute atomic E-state index is 14.6. The van der Waals surface area contributed by atoms with Gasteiger partial charge in [0.05, 0.1) is 11.6 Å². The van der Waals surface area contributed by atoms with E-state index in [1.807, 2.05) is 30.3 Å². The van der Waals surface area contributed by atoms with Crippen LogP contribution in [0.4, 0.5) is 0 Å². The van der Waals surface area contributed by atoms with Crippen LogP contribution in [0.3, 0.4) is 0 Å². The van der Waals surface area contributed by atoms with Crippen LogP contribution >= 0.6 is 11.6 Å². The highest BCUT2D eigenvalue weighted by molar-refractivity contribution is 7.90. The minimum atomic E-state index is -3.56. The first-order valence-corrected chi connectivity index (χ1v) is 15.6. The van der Waals surface area contributed by atoms with Crippen LogP contribution in [0, 0.1) is 23.2 Å². The first-order chi connectivity index (χ1) is 20.2. The van der Waals surface area contributed by atoms with Gasteiger partial charge in [-0.15, -0.1) is 11.6 Å². The van der Waals surface area contributed by atoms with Gasteiger partial charge in [-0.1, -0.05) is 0 Å². The molecule has 3 fully saturated rings. The average molecular weight is 603 g/mol. The molecule has 0 bridgehead atoms. The zero-order valence-electron chi connectivity index (χ0n) is 22.4. The molecule has 2 aliphatic heterocycles. The molecule has 1 N–H and O–H groups in total. The number of aromatic nitrogens is 2. The molecule has 1 amide bonds. The number of benzene rings is 1. The standard InChI is InChI=1S/C30H27ClN6O4S/c31-19-42(40,41)36-17-24-25(18-36)28(24)37-27(13-26(38)23-3-1-22(16-32)2-4-23)35-30(29(37)39,14-20-5-9-33-10-6-20)15-21-7-11-34-12-8-21/h1-13,24-25,28,35H,14-15,17-19H2. The van der Waals surface area contributed by atoms with Gasteiger partial charge in [0.2, 0.25) is 10.0 Å². The number of nitrogens with one attached hydrogen (secondary N) is 1. The van der Waals surface area contributed by atoms with Crippen molar-refractivity contribution in [1.82, 2.24) is 24.5 Å². The Labute approximate surface area is 248 Å². The van der Waals surface area contributed by atoms with Crippen molar-refractivity contribution >= 4 is 33.3 Å². The number of pyridine rings is 2. The van der Waals surface area contributed by atoms with Crippen LogP contribution in [0.25, 0.3) is 0 Å². The number of rotatable bonds is 9. The minimum Gasteiger partial charge on any atom is -0.357 e. The molecule has 214 valence electrons. The highest BCUT2D eigenvalue weighted by Gasteiger charge is 2.65. The third kappa shape index (κ3) is 5.17. The average Bonchev–Trinajstić information content (AvgIpc) is 3.33. The van der Waals surface area contributed by atoms with Crippen molar-refractivity contribution < 1.29 is 18.0 Å². The molecule has 1 aromatic carbocycles. The molecular formula is C30H27ClN6O4S. The first-order valence-electron chi connectivity index (χ1n) is 13.4. The second kappa shape index (κ2) is 10.9. The van der Waals surface area contributed by atoms with Gasteiger partial charge in [0, 0.05) is 80.2 Å². The number of alkyl halides is 1. The highest BCUT2D eigenvalue weighted by atomic mass is 35.5. The largest absolute Gasteiger partial charge is 0.357 e. The number of nitrogens with zero attached hydrogens (tertiary/aromatic N) is 5. The van der Waals surface area contributed by atoms with Gasteiger partial charge in [0.1, 0.15) is 16.6 Å². The van der Waals surface area contributed by atoms with Gasteiger partial charge < -0.3 is 5.32 Å². The highest BCUT2D eigenvalue weighted by Crippen LogP contribution is 2.52. The summed E-state index contributed by atoms with van der Waals surface area (Å²) in [5.41, 5.74) is 1.50. The Morgan fingerprint density at radius 3 is 2.05 bits per heavy atom. The summed E-state index contributed by atoms with van der Waals surface area (Å²) in [6.45, 7) is 0.541. The normalized spacial score (nSPS) is 23.8. The van der Waals surface area contributed by atoms with Crippen LogP contribution in [0.15, 0.2) is 85.2 Å². The van der Waals surface area contributed by atoms with Crippen molar-refractivity contribution in [3.63, 3.8) is 0 Å². The van der Waals surface area contributed by atoms with Gasteiger partial charge in [0.15, 0.2) is 5.78 Å².